The number of carbonyl (C=O) groups is 2. The average Bonchev–Trinajstić information content (AvgIpc) is 3.34. The minimum Gasteiger partial charge on any atom is -0.378 e. The second-order valence-corrected chi connectivity index (χ2v) is 7.61. The highest BCUT2D eigenvalue weighted by Crippen LogP contribution is 2.19. The van der Waals surface area contributed by atoms with Gasteiger partial charge in [0.15, 0.2) is 0 Å². The molecule has 1 aliphatic heterocycles. The minimum atomic E-state index is -0.262. The second kappa shape index (κ2) is 9.56. The highest BCUT2D eigenvalue weighted by Gasteiger charge is 2.17. The molecule has 166 valence electrons. The predicted molar refractivity (Wildman–Crippen MR) is 119 cm³/mol. The Morgan fingerprint density at radius 1 is 1.12 bits per heavy atom. The molecule has 2 amide bonds. The fourth-order valence-corrected chi connectivity index (χ4v) is 3.60. The number of nitrogens with one attached hydrogen (secondary N) is 1. The molecule has 1 aliphatic rings. The van der Waals surface area contributed by atoms with Gasteiger partial charge in [-0.15, -0.1) is 5.10 Å². The van der Waals surface area contributed by atoms with Gasteiger partial charge < -0.3 is 19.9 Å². The Kier molecular flexibility index (Phi) is 6.41. The standard InChI is InChI=1S/C22H25N7O3/c1-16-13-17(3-8-20(16)29-15-23-25-26-29)22(31)27(2)14-21(30)24-18-4-6-19(7-5-18)28-9-11-32-12-10-28/h3-8,13,15H,9-12,14H2,1-2H3,(H,24,30). The molecule has 0 saturated carbocycles. The Balaban J connectivity index is 1.34. The third kappa shape index (κ3) is 4.92. The van der Waals surface area contributed by atoms with Crippen LogP contribution in [0.2, 0.25) is 0 Å². The van der Waals surface area contributed by atoms with E-state index in [2.05, 4.69) is 25.7 Å². The van der Waals surface area contributed by atoms with E-state index in [1.165, 1.54) is 15.9 Å². The smallest absolute Gasteiger partial charge is 0.254 e. The van der Waals surface area contributed by atoms with Crippen LogP contribution < -0.4 is 10.2 Å². The molecule has 0 atom stereocenters. The maximum atomic E-state index is 12.8. The van der Waals surface area contributed by atoms with E-state index in [9.17, 15) is 9.59 Å². The number of morpholine rings is 1. The monoisotopic (exact) mass is 435 g/mol. The van der Waals surface area contributed by atoms with Gasteiger partial charge >= 0.3 is 0 Å². The van der Waals surface area contributed by atoms with Crippen molar-refractivity contribution in [1.29, 1.82) is 0 Å². The fraction of sp³-hybridized carbons (Fsp3) is 0.318. The van der Waals surface area contributed by atoms with Gasteiger partial charge in [0.05, 0.1) is 25.4 Å². The van der Waals surface area contributed by atoms with E-state index in [1.54, 1.807) is 25.2 Å². The number of tetrazole rings is 1. The van der Waals surface area contributed by atoms with Crippen molar-refractivity contribution in [2.45, 2.75) is 6.92 Å². The summed E-state index contributed by atoms with van der Waals surface area (Å²) in [4.78, 5) is 28.9. The summed E-state index contributed by atoms with van der Waals surface area (Å²) in [6.45, 7) is 4.97. The summed E-state index contributed by atoms with van der Waals surface area (Å²) in [5.41, 5.74) is 3.91. The van der Waals surface area contributed by atoms with Crippen LogP contribution in [-0.2, 0) is 9.53 Å². The first-order valence-electron chi connectivity index (χ1n) is 10.3. The summed E-state index contributed by atoms with van der Waals surface area (Å²) in [5, 5.41) is 14.0. The first kappa shape index (κ1) is 21.4. The maximum absolute atomic E-state index is 12.8. The summed E-state index contributed by atoms with van der Waals surface area (Å²) in [5.74, 6) is -0.504. The second-order valence-electron chi connectivity index (χ2n) is 7.61. The molecule has 4 rings (SSSR count). The third-order valence-corrected chi connectivity index (χ3v) is 5.29. The third-order valence-electron chi connectivity index (χ3n) is 5.29. The largest absolute Gasteiger partial charge is 0.378 e. The van der Waals surface area contributed by atoms with Crippen LogP contribution in [0.3, 0.4) is 0 Å². The van der Waals surface area contributed by atoms with Crippen molar-refractivity contribution in [1.82, 2.24) is 25.1 Å². The molecule has 10 nitrogen and oxygen atoms in total. The number of aryl methyl sites for hydroxylation is 1. The molecule has 0 aliphatic carbocycles. The molecule has 1 fully saturated rings. The number of anilines is 2. The van der Waals surface area contributed by atoms with Crippen molar-refractivity contribution in [2.24, 2.45) is 0 Å². The van der Waals surface area contributed by atoms with Crippen LogP contribution >= 0.6 is 0 Å². The summed E-state index contributed by atoms with van der Waals surface area (Å²) in [6, 6.07) is 12.9. The van der Waals surface area contributed by atoms with Gasteiger partial charge in [-0.1, -0.05) is 0 Å². The number of amides is 2. The Labute approximate surface area is 185 Å². The number of likely N-dealkylation sites (N-methyl/N-ethyl adjacent to an activating group) is 1. The van der Waals surface area contributed by atoms with Gasteiger partial charge in [-0.25, -0.2) is 4.68 Å². The number of hydrogen-bond acceptors (Lipinski definition) is 7. The average molecular weight is 435 g/mol. The van der Waals surface area contributed by atoms with Crippen molar-refractivity contribution >= 4 is 23.2 Å². The van der Waals surface area contributed by atoms with Crippen molar-refractivity contribution in [3.8, 4) is 5.69 Å². The summed E-state index contributed by atoms with van der Waals surface area (Å²) < 4.78 is 6.91. The van der Waals surface area contributed by atoms with E-state index in [-0.39, 0.29) is 18.4 Å². The van der Waals surface area contributed by atoms with Crippen LogP contribution in [0.5, 0.6) is 0 Å². The van der Waals surface area contributed by atoms with Crippen LogP contribution in [0.15, 0.2) is 48.8 Å². The van der Waals surface area contributed by atoms with Gasteiger partial charge in [-0.2, -0.15) is 0 Å². The number of ether oxygens (including phenoxy) is 1. The van der Waals surface area contributed by atoms with Crippen LogP contribution in [0, 0.1) is 6.92 Å². The van der Waals surface area contributed by atoms with Crippen LogP contribution in [0.1, 0.15) is 15.9 Å². The van der Waals surface area contributed by atoms with Crippen molar-refractivity contribution < 1.29 is 14.3 Å². The minimum absolute atomic E-state index is 0.0577. The van der Waals surface area contributed by atoms with Crippen molar-refractivity contribution in [3.63, 3.8) is 0 Å². The molecule has 1 saturated heterocycles. The number of carbonyl (C=O) groups excluding carboxylic acids is 2. The van der Waals surface area contributed by atoms with Gasteiger partial charge in [0.2, 0.25) is 5.91 Å². The maximum Gasteiger partial charge on any atom is 0.254 e. The SMILES string of the molecule is Cc1cc(C(=O)N(C)CC(=O)Nc2ccc(N3CCOCC3)cc2)ccc1-n1cnnn1. The van der Waals surface area contributed by atoms with Gasteiger partial charge in [-0.3, -0.25) is 9.59 Å². The zero-order valence-corrected chi connectivity index (χ0v) is 18.1. The van der Waals surface area contributed by atoms with Crippen molar-refractivity contribution in [2.75, 3.05) is 50.1 Å². The highest BCUT2D eigenvalue weighted by molar-refractivity contribution is 5.99. The van der Waals surface area contributed by atoms with E-state index in [0.29, 0.717) is 11.3 Å². The van der Waals surface area contributed by atoms with Gasteiger partial charge in [0, 0.05) is 37.1 Å². The molecule has 0 radical (unpaired) electrons. The Morgan fingerprint density at radius 2 is 1.88 bits per heavy atom. The van der Waals surface area contributed by atoms with Gasteiger partial charge in [-0.05, 0) is 65.4 Å². The van der Waals surface area contributed by atoms with Crippen molar-refractivity contribution in [3.05, 3.63) is 59.9 Å². The van der Waals surface area contributed by atoms with Crippen LogP contribution in [0.4, 0.5) is 11.4 Å². The molecule has 0 spiro atoms. The molecule has 1 aromatic heterocycles. The lowest BCUT2D eigenvalue weighted by molar-refractivity contribution is -0.116. The molecular formula is C22H25N7O3. The predicted octanol–water partition coefficient (Wildman–Crippen LogP) is 1.52. The zero-order chi connectivity index (χ0) is 22.5. The number of aromatic nitrogens is 4. The zero-order valence-electron chi connectivity index (χ0n) is 18.1. The highest BCUT2D eigenvalue weighted by atomic mass is 16.5. The number of nitrogens with zero attached hydrogens (tertiary/aromatic N) is 6. The van der Waals surface area contributed by atoms with Crippen LogP contribution in [-0.4, -0.2) is 76.8 Å². The summed E-state index contributed by atoms with van der Waals surface area (Å²) in [7, 11) is 1.61. The molecular weight excluding hydrogens is 410 g/mol. The quantitative estimate of drug-likeness (QED) is 0.626. The van der Waals surface area contributed by atoms with E-state index in [0.717, 1.165) is 43.2 Å². The van der Waals surface area contributed by atoms with E-state index < -0.39 is 0 Å². The topological polar surface area (TPSA) is 105 Å². The molecule has 0 unspecified atom stereocenters. The van der Waals surface area contributed by atoms with E-state index in [1.807, 2.05) is 31.2 Å². The number of hydrogen-bond donors (Lipinski definition) is 1. The molecule has 2 aromatic carbocycles. The van der Waals surface area contributed by atoms with E-state index in [4.69, 9.17) is 4.74 Å². The fourth-order valence-electron chi connectivity index (χ4n) is 3.60. The lowest BCUT2D eigenvalue weighted by Crippen LogP contribution is -2.36. The molecule has 10 heteroatoms. The molecule has 2 heterocycles. The number of benzene rings is 2. The van der Waals surface area contributed by atoms with Gasteiger partial charge in [0.25, 0.3) is 5.91 Å². The Bertz CT molecular complexity index is 1080. The lowest BCUT2D eigenvalue weighted by atomic mass is 10.1. The molecule has 1 N–H and O–H groups in total. The van der Waals surface area contributed by atoms with Gasteiger partial charge in [0.1, 0.15) is 6.33 Å². The molecule has 0 bridgehead atoms. The van der Waals surface area contributed by atoms with E-state index >= 15 is 0 Å². The first-order valence-corrected chi connectivity index (χ1v) is 10.3. The Morgan fingerprint density at radius 3 is 2.53 bits per heavy atom. The summed E-state index contributed by atoms with van der Waals surface area (Å²) >= 11 is 0. The van der Waals surface area contributed by atoms with Crippen LogP contribution in [0.25, 0.3) is 5.69 Å². The number of rotatable bonds is 6. The molecule has 3 aromatic rings. The normalized spacial score (nSPS) is 13.6. The summed E-state index contributed by atoms with van der Waals surface area (Å²) in [6.07, 6.45) is 1.49. The Hall–Kier alpha value is -3.79. The first-order chi connectivity index (χ1) is 15.5. The molecule has 32 heavy (non-hydrogen) atoms. The lowest BCUT2D eigenvalue weighted by Gasteiger charge is -2.28.